The van der Waals surface area contributed by atoms with Gasteiger partial charge in [0.25, 0.3) is 5.91 Å². The van der Waals surface area contributed by atoms with Gasteiger partial charge in [-0.05, 0) is 72.5 Å². The van der Waals surface area contributed by atoms with Crippen LogP contribution in [-0.4, -0.2) is 25.0 Å². The van der Waals surface area contributed by atoms with Gasteiger partial charge in [-0.25, -0.2) is 0 Å². The first-order valence-electron chi connectivity index (χ1n) is 12.6. The fraction of sp³-hybridized carbons (Fsp3) is 0.161. The van der Waals surface area contributed by atoms with E-state index in [4.69, 9.17) is 44.3 Å². The minimum absolute atomic E-state index is 0. The van der Waals surface area contributed by atoms with Crippen molar-refractivity contribution in [3.05, 3.63) is 111 Å². The second-order valence-electron chi connectivity index (χ2n) is 9.24. The van der Waals surface area contributed by atoms with Crippen molar-refractivity contribution in [3.63, 3.8) is 0 Å². The number of hydrogen-bond acceptors (Lipinski definition) is 5. The van der Waals surface area contributed by atoms with E-state index in [-0.39, 0.29) is 47.1 Å². The molecule has 0 saturated heterocycles. The zero-order valence-corrected chi connectivity index (χ0v) is 26.4. The molecule has 1 unspecified atom stereocenters. The van der Waals surface area contributed by atoms with Crippen LogP contribution in [0.1, 0.15) is 33.8 Å². The number of nitrogens with one attached hydrogen (secondary N) is 1. The fourth-order valence-corrected chi connectivity index (χ4v) is 5.24. The maximum Gasteiger partial charge on any atom is 1.00 e. The summed E-state index contributed by atoms with van der Waals surface area (Å²) in [7, 11) is 0. The maximum atomic E-state index is 12.8. The molecule has 6 nitrogen and oxygen atoms in total. The molecule has 0 fully saturated rings. The molecule has 204 valence electrons. The van der Waals surface area contributed by atoms with Crippen molar-refractivity contribution in [1.82, 2.24) is 5.32 Å². The summed E-state index contributed by atoms with van der Waals surface area (Å²) in [6.07, 6.45) is 0.903. The van der Waals surface area contributed by atoms with Gasteiger partial charge in [0.1, 0.15) is 17.2 Å². The smallest absolute Gasteiger partial charge is 0.549 e. The third kappa shape index (κ3) is 7.39. The van der Waals surface area contributed by atoms with Crippen LogP contribution in [0.5, 0.6) is 17.2 Å². The predicted octanol–water partition coefficient (Wildman–Crippen LogP) is 3.70. The molecule has 1 atom stereocenters. The fourth-order valence-electron chi connectivity index (χ4n) is 4.62. The van der Waals surface area contributed by atoms with Gasteiger partial charge in [-0.15, -0.1) is 0 Å². The zero-order chi connectivity index (χ0) is 28.2. The molecule has 0 radical (unpaired) electrons. The maximum absolute atomic E-state index is 12.8. The molecular weight excluding hydrogens is 596 g/mol. The Morgan fingerprint density at radius 2 is 1.68 bits per heavy atom. The Labute approximate surface area is 274 Å². The number of carbonyl (C=O) groups excluding carboxylic acids is 2. The SMILES string of the molecule is O=C(NCCc1ccc(Cl)cc1-c1ccccc1Cl)c1ccc(Oc2cc3c(cc2Cl)C(C(=O)[O-])CCO3)cc1.[Na+]. The topological polar surface area (TPSA) is 87.7 Å². The molecule has 0 bridgehead atoms. The minimum atomic E-state index is -1.17. The van der Waals surface area contributed by atoms with Gasteiger partial charge >= 0.3 is 29.6 Å². The Kier molecular flexibility index (Phi) is 10.6. The minimum Gasteiger partial charge on any atom is -0.549 e. The largest absolute Gasteiger partial charge is 1.00 e. The third-order valence-electron chi connectivity index (χ3n) is 6.65. The van der Waals surface area contributed by atoms with E-state index >= 15 is 0 Å². The Hall–Kier alpha value is -2.71. The Morgan fingerprint density at radius 3 is 2.41 bits per heavy atom. The van der Waals surface area contributed by atoms with Crippen molar-refractivity contribution in [2.75, 3.05) is 13.2 Å². The van der Waals surface area contributed by atoms with E-state index in [0.29, 0.717) is 57.8 Å². The molecule has 0 aromatic heterocycles. The first-order chi connectivity index (χ1) is 19.3. The summed E-state index contributed by atoms with van der Waals surface area (Å²) in [6, 6.07) is 22.9. The van der Waals surface area contributed by atoms with Gasteiger partial charge in [0.05, 0.1) is 11.6 Å². The van der Waals surface area contributed by atoms with Crippen molar-refractivity contribution >= 4 is 46.7 Å². The number of aliphatic carboxylic acids is 1. The van der Waals surface area contributed by atoms with E-state index in [9.17, 15) is 14.7 Å². The number of ether oxygens (including phenoxy) is 2. The molecule has 4 aromatic carbocycles. The van der Waals surface area contributed by atoms with Gasteiger partial charge in [0.15, 0.2) is 0 Å². The monoisotopic (exact) mass is 617 g/mol. The predicted molar refractivity (Wildman–Crippen MR) is 154 cm³/mol. The molecule has 1 heterocycles. The van der Waals surface area contributed by atoms with Gasteiger partial charge in [0.2, 0.25) is 0 Å². The Morgan fingerprint density at radius 1 is 0.927 bits per heavy atom. The zero-order valence-electron chi connectivity index (χ0n) is 22.1. The van der Waals surface area contributed by atoms with E-state index in [1.54, 1.807) is 30.3 Å². The van der Waals surface area contributed by atoms with Crippen LogP contribution in [-0.2, 0) is 11.2 Å². The van der Waals surface area contributed by atoms with Gasteiger partial charge in [-0.2, -0.15) is 0 Å². The molecule has 0 spiro atoms. The molecular formula is C31H23Cl3NNaO5. The van der Waals surface area contributed by atoms with Crippen molar-refractivity contribution < 1.29 is 53.7 Å². The van der Waals surface area contributed by atoms with Crippen LogP contribution >= 0.6 is 34.8 Å². The Balaban J connectivity index is 0.00000387. The summed E-state index contributed by atoms with van der Waals surface area (Å²) in [5.74, 6) is -1.01. The number of hydrogen-bond donors (Lipinski definition) is 1. The van der Waals surface area contributed by atoms with Crippen molar-refractivity contribution in [2.24, 2.45) is 0 Å². The van der Waals surface area contributed by atoms with Crippen LogP contribution in [0.25, 0.3) is 11.1 Å². The standard InChI is InChI=1S/C31H24Cl3NO5.Na/c32-20-8-5-18(24(15-20)22-3-1-2-4-26(22)33)11-13-35-30(36)19-6-9-21(10-7-19)40-29-17-28-25(16-27(29)34)23(31(37)38)12-14-39-28;/h1-10,15-17,23H,11-14H2,(H,35,36)(H,37,38);/q;+1/p-1. The first-order valence-corrected chi connectivity index (χ1v) is 13.7. The molecule has 10 heteroatoms. The molecule has 4 aromatic rings. The van der Waals surface area contributed by atoms with Gasteiger partial charge in [-0.1, -0.05) is 59.1 Å². The Bertz CT molecular complexity index is 1580. The van der Waals surface area contributed by atoms with Crippen LogP contribution in [0.15, 0.2) is 78.9 Å². The second kappa shape index (κ2) is 14.0. The summed E-state index contributed by atoms with van der Waals surface area (Å²) < 4.78 is 11.5. The average Bonchev–Trinajstić information content (AvgIpc) is 2.94. The number of amides is 1. The van der Waals surface area contributed by atoms with Crippen LogP contribution in [0.2, 0.25) is 15.1 Å². The number of carboxylic acid groups (broad SMARTS) is 1. The number of rotatable bonds is 8. The van der Waals surface area contributed by atoms with E-state index in [0.717, 1.165) is 16.7 Å². The molecule has 0 aliphatic carbocycles. The van der Waals surface area contributed by atoms with E-state index in [2.05, 4.69) is 5.32 Å². The van der Waals surface area contributed by atoms with Crippen LogP contribution < -0.4 is 49.5 Å². The van der Waals surface area contributed by atoms with Gasteiger partial charge in [-0.3, -0.25) is 4.79 Å². The quantitative estimate of drug-likeness (QED) is 0.305. The van der Waals surface area contributed by atoms with Gasteiger partial charge < -0.3 is 24.7 Å². The summed E-state index contributed by atoms with van der Waals surface area (Å²) in [5.41, 5.74) is 3.75. The van der Waals surface area contributed by atoms with Crippen molar-refractivity contribution in [1.29, 1.82) is 0 Å². The summed E-state index contributed by atoms with van der Waals surface area (Å²) >= 11 is 19.0. The molecule has 1 amide bonds. The van der Waals surface area contributed by atoms with E-state index < -0.39 is 11.9 Å². The number of fused-ring (bicyclic) bond motifs is 1. The van der Waals surface area contributed by atoms with Crippen molar-refractivity contribution in [2.45, 2.75) is 18.8 Å². The van der Waals surface area contributed by atoms with Gasteiger partial charge in [0, 0.05) is 51.2 Å². The molecule has 1 aliphatic heterocycles. The average molecular weight is 619 g/mol. The number of benzene rings is 4. The molecule has 1 aliphatic rings. The molecule has 0 saturated carbocycles. The molecule has 41 heavy (non-hydrogen) atoms. The summed E-state index contributed by atoms with van der Waals surface area (Å²) in [6.45, 7) is 0.670. The van der Waals surface area contributed by atoms with E-state index in [1.807, 2.05) is 42.5 Å². The first kappa shape index (κ1) is 31.2. The third-order valence-corrected chi connectivity index (χ3v) is 7.51. The summed E-state index contributed by atoms with van der Waals surface area (Å²) in [5, 5.41) is 15.9. The number of carbonyl (C=O) groups is 2. The van der Waals surface area contributed by atoms with Crippen molar-refractivity contribution in [3.8, 4) is 28.4 Å². The second-order valence-corrected chi connectivity index (χ2v) is 10.5. The number of halogens is 3. The van der Waals surface area contributed by atoms with Crippen LogP contribution in [0, 0.1) is 0 Å². The normalized spacial score (nSPS) is 13.8. The number of carboxylic acids is 1. The molecule has 1 N–H and O–H groups in total. The summed E-state index contributed by atoms with van der Waals surface area (Å²) in [4.78, 5) is 24.2. The van der Waals surface area contributed by atoms with Crippen LogP contribution in [0.3, 0.4) is 0 Å². The van der Waals surface area contributed by atoms with E-state index in [1.165, 1.54) is 6.07 Å². The molecule has 5 rings (SSSR count). The van der Waals surface area contributed by atoms with Crippen LogP contribution in [0.4, 0.5) is 0 Å².